The standard InChI is InChI=1S/C14H20N.Li/c1-12(2)13-7-6-8-14(11-13)15-9-4-3-5-10-15;/h6-8,12H,3-5,9-10H2,1-2H3;/q-1;+1. The van der Waals surface area contributed by atoms with E-state index in [9.17, 15) is 0 Å². The Hall–Kier alpha value is -0.383. The summed E-state index contributed by atoms with van der Waals surface area (Å²) in [6.07, 6.45) is 4.06. The average molecular weight is 209 g/mol. The van der Waals surface area contributed by atoms with E-state index in [0.717, 1.165) is 0 Å². The summed E-state index contributed by atoms with van der Waals surface area (Å²) < 4.78 is 0. The van der Waals surface area contributed by atoms with E-state index in [4.69, 9.17) is 0 Å². The van der Waals surface area contributed by atoms with Gasteiger partial charge in [0, 0.05) is 13.1 Å². The van der Waals surface area contributed by atoms with Gasteiger partial charge in [0.1, 0.15) is 0 Å². The van der Waals surface area contributed by atoms with Crippen molar-refractivity contribution in [1.29, 1.82) is 0 Å². The molecule has 0 saturated carbocycles. The second-order valence-corrected chi connectivity index (χ2v) is 4.69. The molecule has 1 aliphatic rings. The fourth-order valence-corrected chi connectivity index (χ4v) is 2.13. The minimum atomic E-state index is 0. The Balaban J connectivity index is 0.00000128. The first-order valence-corrected chi connectivity index (χ1v) is 6.04. The molecule has 2 rings (SSSR count). The van der Waals surface area contributed by atoms with E-state index in [-0.39, 0.29) is 18.9 Å². The van der Waals surface area contributed by atoms with Gasteiger partial charge in [-0.3, -0.25) is 0 Å². The molecule has 1 heterocycles. The normalized spacial score (nSPS) is 16.1. The van der Waals surface area contributed by atoms with Gasteiger partial charge in [-0.2, -0.15) is 23.8 Å². The fourth-order valence-electron chi connectivity index (χ4n) is 2.13. The molecule has 1 nitrogen and oxygen atoms in total. The smallest absolute Gasteiger partial charge is 0.394 e. The van der Waals surface area contributed by atoms with Crippen LogP contribution in [0.15, 0.2) is 18.2 Å². The second-order valence-electron chi connectivity index (χ2n) is 4.69. The minimum Gasteiger partial charge on any atom is -0.394 e. The first kappa shape index (κ1) is 13.7. The van der Waals surface area contributed by atoms with Gasteiger partial charge < -0.3 is 4.90 Å². The summed E-state index contributed by atoms with van der Waals surface area (Å²) in [4.78, 5) is 2.47. The van der Waals surface area contributed by atoms with E-state index in [1.807, 2.05) is 0 Å². The molecule has 1 aliphatic heterocycles. The molecule has 0 aromatic heterocycles. The van der Waals surface area contributed by atoms with Gasteiger partial charge in [-0.15, -0.1) is 6.07 Å². The molecule has 0 radical (unpaired) electrons. The summed E-state index contributed by atoms with van der Waals surface area (Å²) in [6.45, 7) is 6.87. The van der Waals surface area contributed by atoms with E-state index < -0.39 is 0 Å². The van der Waals surface area contributed by atoms with Gasteiger partial charge in [0.05, 0.1) is 0 Å². The van der Waals surface area contributed by atoms with E-state index in [1.54, 1.807) is 0 Å². The van der Waals surface area contributed by atoms with Crippen molar-refractivity contribution in [2.24, 2.45) is 0 Å². The maximum absolute atomic E-state index is 3.54. The Bertz CT molecular complexity index is 316. The van der Waals surface area contributed by atoms with Gasteiger partial charge in [0.2, 0.25) is 0 Å². The number of anilines is 1. The molecule has 0 spiro atoms. The van der Waals surface area contributed by atoms with Crippen LogP contribution >= 0.6 is 0 Å². The maximum atomic E-state index is 3.54. The topological polar surface area (TPSA) is 3.24 Å². The van der Waals surface area contributed by atoms with Gasteiger partial charge in [0.15, 0.2) is 0 Å². The molecule has 1 saturated heterocycles. The van der Waals surface area contributed by atoms with Gasteiger partial charge in [-0.1, -0.05) is 19.5 Å². The zero-order valence-corrected chi connectivity index (χ0v) is 10.8. The second kappa shape index (κ2) is 6.38. The van der Waals surface area contributed by atoms with Crippen molar-refractivity contribution in [3.63, 3.8) is 0 Å². The Kier molecular flexibility index (Phi) is 5.45. The van der Waals surface area contributed by atoms with E-state index in [1.165, 1.54) is 43.6 Å². The Morgan fingerprint density at radius 1 is 1.12 bits per heavy atom. The van der Waals surface area contributed by atoms with Gasteiger partial charge in [-0.05, 0) is 25.2 Å². The third-order valence-corrected chi connectivity index (χ3v) is 3.12. The molecular weight excluding hydrogens is 189 g/mol. The Morgan fingerprint density at radius 2 is 1.81 bits per heavy atom. The number of rotatable bonds is 2. The quantitative estimate of drug-likeness (QED) is 0.509. The van der Waals surface area contributed by atoms with Crippen molar-refractivity contribution in [1.82, 2.24) is 0 Å². The summed E-state index contributed by atoms with van der Waals surface area (Å²) in [7, 11) is 0. The van der Waals surface area contributed by atoms with Crippen LogP contribution in [0, 0.1) is 6.07 Å². The van der Waals surface area contributed by atoms with Crippen molar-refractivity contribution in [3.05, 3.63) is 29.8 Å². The summed E-state index contributed by atoms with van der Waals surface area (Å²) >= 11 is 0. The molecule has 1 aromatic rings. The van der Waals surface area contributed by atoms with E-state index >= 15 is 0 Å². The first-order chi connectivity index (χ1) is 7.27. The van der Waals surface area contributed by atoms with Crippen LogP contribution < -0.4 is 23.8 Å². The molecular formula is C14H20LiN. The van der Waals surface area contributed by atoms with Crippen LogP contribution in [-0.2, 0) is 0 Å². The largest absolute Gasteiger partial charge is 1.00 e. The molecule has 0 unspecified atom stereocenters. The molecule has 82 valence electrons. The molecule has 16 heavy (non-hydrogen) atoms. The van der Waals surface area contributed by atoms with Gasteiger partial charge in [0.25, 0.3) is 0 Å². The third kappa shape index (κ3) is 3.30. The summed E-state index contributed by atoms with van der Waals surface area (Å²) in [5.74, 6) is 0.578. The SMILES string of the molecule is CC(C)c1[c-]c(N2CCCCC2)ccc1.[Li+]. The van der Waals surface area contributed by atoms with Crippen molar-refractivity contribution < 1.29 is 18.9 Å². The molecule has 1 fully saturated rings. The zero-order valence-electron chi connectivity index (χ0n) is 10.8. The van der Waals surface area contributed by atoms with Crippen molar-refractivity contribution in [2.45, 2.75) is 39.0 Å². The van der Waals surface area contributed by atoms with Crippen LogP contribution in [0.2, 0.25) is 0 Å². The predicted molar refractivity (Wildman–Crippen MR) is 65.4 cm³/mol. The van der Waals surface area contributed by atoms with Crippen LogP contribution in [-0.4, -0.2) is 13.1 Å². The van der Waals surface area contributed by atoms with Gasteiger partial charge in [-0.25, -0.2) is 0 Å². The summed E-state index contributed by atoms with van der Waals surface area (Å²) in [6, 6.07) is 10.1. The number of benzene rings is 1. The third-order valence-electron chi connectivity index (χ3n) is 3.12. The summed E-state index contributed by atoms with van der Waals surface area (Å²) in [5.41, 5.74) is 2.62. The molecule has 0 atom stereocenters. The first-order valence-electron chi connectivity index (χ1n) is 6.04. The van der Waals surface area contributed by atoms with Crippen LogP contribution in [0.3, 0.4) is 0 Å². The van der Waals surface area contributed by atoms with Gasteiger partial charge >= 0.3 is 18.9 Å². The number of nitrogens with zero attached hydrogens (tertiary/aromatic N) is 1. The number of hydrogen-bond acceptors (Lipinski definition) is 1. The van der Waals surface area contributed by atoms with Crippen molar-refractivity contribution >= 4 is 5.69 Å². The van der Waals surface area contributed by atoms with Crippen LogP contribution in [0.5, 0.6) is 0 Å². The minimum absolute atomic E-state index is 0. The molecule has 2 heteroatoms. The van der Waals surface area contributed by atoms with Crippen LogP contribution in [0.25, 0.3) is 0 Å². The summed E-state index contributed by atoms with van der Waals surface area (Å²) in [5, 5.41) is 0. The molecule has 0 amide bonds. The van der Waals surface area contributed by atoms with E-state index in [0.29, 0.717) is 5.92 Å². The Labute approximate surface area is 111 Å². The van der Waals surface area contributed by atoms with Crippen molar-refractivity contribution in [2.75, 3.05) is 18.0 Å². The van der Waals surface area contributed by atoms with Crippen molar-refractivity contribution in [3.8, 4) is 0 Å². The van der Waals surface area contributed by atoms with Crippen LogP contribution in [0.4, 0.5) is 5.69 Å². The predicted octanol–water partition coefficient (Wildman–Crippen LogP) is 0.604. The number of hydrogen-bond donors (Lipinski definition) is 0. The number of piperidine rings is 1. The van der Waals surface area contributed by atoms with Crippen LogP contribution in [0.1, 0.15) is 44.6 Å². The molecule has 0 aliphatic carbocycles. The maximum Gasteiger partial charge on any atom is 1.00 e. The molecule has 1 aromatic carbocycles. The monoisotopic (exact) mass is 209 g/mol. The molecule has 0 bridgehead atoms. The Morgan fingerprint density at radius 3 is 2.44 bits per heavy atom. The fraction of sp³-hybridized carbons (Fsp3) is 0.571. The average Bonchev–Trinajstić information content (AvgIpc) is 2.30. The zero-order chi connectivity index (χ0) is 10.7. The van der Waals surface area contributed by atoms with E-state index in [2.05, 4.69) is 43.0 Å². The molecule has 0 N–H and O–H groups in total.